The topological polar surface area (TPSA) is 38.0 Å². The summed E-state index contributed by atoms with van der Waals surface area (Å²) in [6, 6.07) is 3.01. The molecule has 1 aromatic carbocycles. The highest BCUT2D eigenvalue weighted by Crippen LogP contribution is 2.19. The fourth-order valence-corrected chi connectivity index (χ4v) is 1.21. The molecule has 1 rings (SSSR count). The number of nitrogens with one attached hydrogen (secondary N) is 1. The first-order valence-corrected chi connectivity index (χ1v) is 4.10. The third kappa shape index (κ3) is 2.23. The molecule has 13 heavy (non-hydrogen) atoms. The van der Waals surface area contributed by atoms with Gasteiger partial charge in [-0.1, -0.05) is 6.92 Å². The van der Waals surface area contributed by atoms with Crippen LogP contribution in [0, 0.1) is 11.6 Å². The van der Waals surface area contributed by atoms with Crippen LogP contribution in [0.2, 0.25) is 0 Å². The second kappa shape index (κ2) is 4.30. The van der Waals surface area contributed by atoms with Crippen molar-refractivity contribution in [2.75, 3.05) is 0 Å². The zero-order valence-electron chi connectivity index (χ0n) is 7.35. The Morgan fingerprint density at radius 3 is 2.69 bits per heavy atom. The summed E-state index contributed by atoms with van der Waals surface area (Å²) >= 11 is 0. The summed E-state index contributed by atoms with van der Waals surface area (Å²) in [7, 11) is 0. The molecule has 3 N–H and O–H groups in total. The lowest BCUT2D eigenvalue weighted by atomic mass is 10.0. The van der Waals surface area contributed by atoms with E-state index in [0.29, 0.717) is 6.42 Å². The van der Waals surface area contributed by atoms with Crippen LogP contribution in [0.1, 0.15) is 24.9 Å². The van der Waals surface area contributed by atoms with E-state index >= 15 is 0 Å². The molecule has 0 aliphatic rings. The molecule has 0 saturated heterocycles. The molecule has 0 radical (unpaired) electrons. The molecular weight excluding hydrogens is 174 g/mol. The summed E-state index contributed by atoms with van der Waals surface area (Å²) in [5.74, 6) is 4.30. The molecule has 72 valence electrons. The van der Waals surface area contributed by atoms with E-state index in [0.717, 1.165) is 18.2 Å². The van der Waals surface area contributed by atoms with E-state index in [2.05, 4.69) is 5.43 Å². The van der Waals surface area contributed by atoms with E-state index in [1.807, 2.05) is 6.92 Å². The average molecular weight is 186 g/mol. The Bertz CT molecular complexity index is 285. The van der Waals surface area contributed by atoms with E-state index in [1.165, 1.54) is 0 Å². The molecule has 0 saturated carbocycles. The quantitative estimate of drug-likeness (QED) is 0.558. The largest absolute Gasteiger partial charge is 0.271 e. The molecule has 4 heteroatoms. The molecule has 0 spiro atoms. The Morgan fingerprint density at radius 1 is 1.46 bits per heavy atom. The van der Waals surface area contributed by atoms with Crippen molar-refractivity contribution in [1.29, 1.82) is 0 Å². The number of hydrogen-bond acceptors (Lipinski definition) is 2. The molecule has 0 heterocycles. The maximum absolute atomic E-state index is 13.1. The summed E-state index contributed by atoms with van der Waals surface area (Å²) in [5, 5.41) is 0. The van der Waals surface area contributed by atoms with Gasteiger partial charge in [0.25, 0.3) is 0 Å². The Hall–Kier alpha value is -1.00. The second-order valence-electron chi connectivity index (χ2n) is 2.79. The molecule has 2 nitrogen and oxygen atoms in total. The zero-order chi connectivity index (χ0) is 9.84. The fourth-order valence-electron chi connectivity index (χ4n) is 1.21. The van der Waals surface area contributed by atoms with Gasteiger partial charge in [0.05, 0.1) is 0 Å². The number of benzene rings is 1. The monoisotopic (exact) mass is 186 g/mol. The van der Waals surface area contributed by atoms with Gasteiger partial charge in [-0.2, -0.15) is 0 Å². The van der Waals surface area contributed by atoms with Crippen LogP contribution in [0.25, 0.3) is 0 Å². The maximum atomic E-state index is 13.1. The minimum Gasteiger partial charge on any atom is -0.271 e. The average Bonchev–Trinajstić information content (AvgIpc) is 2.13. The Labute approximate surface area is 75.7 Å². The fraction of sp³-hybridized carbons (Fsp3) is 0.333. The van der Waals surface area contributed by atoms with Crippen molar-refractivity contribution >= 4 is 0 Å². The molecular formula is C9H12F2N2. The van der Waals surface area contributed by atoms with Crippen molar-refractivity contribution in [2.45, 2.75) is 19.4 Å². The Balaban J connectivity index is 3.03. The summed E-state index contributed by atoms with van der Waals surface area (Å²) < 4.78 is 25.9. The van der Waals surface area contributed by atoms with E-state index in [4.69, 9.17) is 5.84 Å². The zero-order valence-corrected chi connectivity index (χ0v) is 7.35. The lowest BCUT2D eigenvalue weighted by Gasteiger charge is -2.14. The smallest absolute Gasteiger partial charge is 0.128 e. The highest BCUT2D eigenvalue weighted by Gasteiger charge is 2.12. The van der Waals surface area contributed by atoms with E-state index in [1.54, 1.807) is 0 Å². The second-order valence-corrected chi connectivity index (χ2v) is 2.79. The van der Waals surface area contributed by atoms with E-state index < -0.39 is 11.6 Å². The van der Waals surface area contributed by atoms with Crippen molar-refractivity contribution < 1.29 is 8.78 Å². The molecule has 0 aliphatic heterocycles. The molecule has 1 atom stereocenters. The van der Waals surface area contributed by atoms with Crippen LogP contribution in [-0.2, 0) is 0 Å². The van der Waals surface area contributed by atoms with Gasteiger partial charge in [0.1, 0.15) is 11.6 Å². The van der Waals surface area contributed by atoms with Crippen LogP contribution in [0.5, 0.6) is 0 Å². The lowest BCUT2D eigenvalue weighted by Crippen LogP contribution is -2.28. The van der Waals surface area contributed by atoms with Crippen molar-refractivity contribution in [3.63, 3.8) is 0 Å². The van der Waals surface area contributed by atoms with Gasteiger partial charge in [0.2, 0.25) is 0 Å². The Kier molecular flexibility index (Phi) is 3.33. The van der Waals surface area contributed by atoms with Gasteiger partial charge in [0, 0.05) is 11.6 Å². The normalized spacial score (nSPS) is 12.9. The molecule has 1 aromatic rings. The van der Waals surface area contributed by atoms with Crippen LogP contribution in [0.4, 0.5) is 8.78 Å². The minimum absolute atomic E-state index is 0.269. The van der Waals surface area contributed by atoms with Gasteiger partial charge in [0.15, 0.2) is 0 Å². The van der Waals surface area contributed by atoms with Gasteiger partial charge >= 0.3 is 0 Å². The minimum atomic E-state index is -0.454. The van der Waals surface area contributed by atoms with Crippen molar-refractivity contribution in [3.8, 4) is 0 Å². The molecule has 0 bridgehead atoms. The molecule has 0 aliphatic carbocycles. The lowest BCUT2D eigenvalue weighted by molar-refractivity contribution is 0.494. The van der Waals surface area contributed by atoms with E-state index in [9.17, 15) is 8.78 Å². The third-order valence-electron chi connectivity index (χ3n) is 1.94. The van der Waals surface area contributed by atoms with Gasteiger partial charge in [-0.3, -0.25) is 11.3 Å². The first-order chi connectivity index (χ1) is 6.19. The predicted octanol–water partition coefficient (Wildman–Crippen LogP) is 1.88. The van der Waals surface area contributed by atoms with Crippen LogP contribution in [0.15, 0.2) is 18.2 Å². The number of hydrazine groups is 1. The Morgan fingerprint density at radius 2 is 2.15 bits per heavy atom. The number of rotatable bonds is 3. The molecule has 0 fully saturated rings. The maximum Gasteiger partial charge on any atom is 0.128 e. The molecule has 0 unspecified atom stereocenters. The summed E-state index contributed by atoms with van der Waals surface area (Å²) in [6.45, 7) is 1.84. The van der Waals surface area contributed by atoms with Gasteiger partial charge in [-0.15, -0.1) is 0 Å². The van der Waals surface area contributed by atoms with Crippen molar-refractivity contribution in [1.82, 2.24) is 5.43 Å². The van der Waals surface area contributed by atoms with Crippen LogP contribution in [-0.4, -0.2) is 0 Å². The van der Waals surface area contributed by atoms with Crippen LogP contribution >= 0.6 is 0 Å². The summed E-state index contributed by atoms with van der Waals surface area (Å²) in [5.41, 5.74) is 2.70. The highest BCUT2D eigenvalue weighted by atomic mass is 19.1. The third-order valence-corrected chi connectivity index (χ3v) is 1.94. The summed E-state index contributed by atoms with van der Waals surface area (Å²) in [6.07, 6.45) is 0.608. The number of hydrogen-bond donors (Lipinski definition) is 2. The van der Waals surface area contributed by atoms with Crippen molar-refractivity contribution in [2.24, 2.45) is 5.84 Å². The SMILES string of the molecule is CC[C@@H](NN)c1cc(F)ccc1F. The van der Waals surface area contributed by atoms with Gasteiger partial charge in [-0.05, 0) is 24.6 Å². The van der Waals surface area contributed by atoms with E-state index in [-0.39, 0.29) is 11.6 Å². The molecule has 0 amide bonds. The molecule has 0 aromatic heterocycles. The first kappa shape index (κ1) is 10.1. The predicted molar refractivity (Wildman–Crippen MR) is 46.7 cm³/mol. The van der Waals surface area contributed by atoms with Gasteiger partial charge < -0.3 is 0 Å². The summed E-state index contributed by atoms with van der Waals surface area (Å²) in [4.78, 5) is 0. The van der Waals surface area contributed by atoms with Crippen LogP contribution in [0.3, 0.4) is 0 Å². The first-order valence-electron chi connectivity index (χ1n) is 4.10. The number of nitrogens with two attached hydrogens (primary N) is 1. The van der Waals surface area contributed by atoms with Gasteiger partial charge in [-0.25, -0.2) is 8.78 Å². The standard InChI is InChI=1S/C9H12F2N2/c1-2-9(13-12)7-5-6(10)3-4-8(7)11/h3-5,9,13H,2,12H2,1H3/t9-/m1/s1. The highest BCUT2D eigenvalue weighted by molar-refractivity contribution is 5.22. The number of halogens is 2. The van der Waals surface area contributed by atoms with Crippen LogP contribution < -0.4 is 11.3 Å². The van der Waals surface area contributed by atoms with Crippen molar-refractivity contribution in [3.05, 3.63) is 35.4 Å².